The highest BCUT2D eigenvalue weighted by Gasteiger charge is 2.19. The molecule has 0 spiro atoms. The third-order valence-corrected chi connectivity index (χ3v) is 16.2. The lowest BCUT2D eigenvalue weighted by molar-refractivity contribution is -0.167. The molecule has 0 aliphatic rings. The highest BCUT2D eigenvalue weighted by Crippen LogP contribution is 2.19. The monoisotopic (exact) mass is 1100 g/mol. The van der Waals surface area contributed by atoms with Crippen LogP contribution in [-0.4, -0.2) is 37.2 Å². The van der Waals surface area contributed by atoms with Crippen molar-refractivity contribution in [3.8, 4) is 0 Å². The third-order valence-electron chi connectivity index (χ3n) is 16.2. The molecule has 1 unspecified atom stereocenters. The zero-order valence-corrected chi connectivity index (χ0v) is 53.0. The number of hydrogen-bond donors (Lipinski definition) is 0. The average molecular weight is 1100 g/mol. The van der Waals surface area contributed by atoms with Crippen molar-refractivity contribution >= 4 is 17.9 Å². The Morgan fingerprint density at radius 1 is 0.256 bits per heavy atom. The molecule has 0 fully saturated rings. The first-order valence-corrected chi connectivity index (χ1v) is 35.3. The predicted molar refractivity (Wildman–Crippen MR) is 340 cm³/mol. The molecule has 0 aliphatic heterocycles. The molecule has 6 nitrogen and oxygen atoms in total. The fourth-order valence-corrected chi connectivity index (χ4v) is 10.9. The Morgan fingerprint density at radius 2 is 0.462 bits per heavy atom. The van der Waals surface area contributed by atoms with Crippen LogP contribution >= 0.6 is 0 Å². The van der Waals surface area contributed by atoms with Gasteiger partial charge in [-0.2, -0.15) is 0 Å². The lowest BCUT2D eigenvalue weighted by Crippen LogP contribution is -2.30. The SMILES string of the molecule is CCCCC/C=C\C/C=C\CCCCCCCCCCCC(=O)OC(COC(=O)CCCCCCCCCCCCCC)COC(=O)CCCCCCCCCCCCCCCCCCCCCCCCCCCCCCC. The van der Waals surface area contributed by atoms with E-state index in [1.54, 1.807) is 0 Å². The third kappa shape index (κ3) is 64.7. The number of carbonyl (C=O) groups is 3. The molecule has 0 aliphatic carbocycles. The summed E-state index contributed by atoms with van der Waals surface area (Å²) >= 11 is 0. The van der Waals surface area contributed by atoms with Gasteiger partial charge in [-0.05, 0) is 51.4 Å². The minimum Gasteiger partial charge on any atom is -0.462 e. The first-order chi connectivity index (χ1) is 38.5. The van der Waals surface area contributed by atoms with Gasteiger partial charge in [-0.3, -0.25) is 14.4 Å². The van der Waals surface area contributed by atoms with Crippen molar-refractivity contribution in [3.05, 3.63) is 24.3 Å². The van der Waals surface area contributed by atoms with Crippen LogP contribution in [0.5, 0.6) is 0 Å². The quantitative estimate of drug-likeness (QED) is 0.0261. The smallest absolute Gasteiger partial charge is 0.306 e. The fraction of sp³-hybridized carbons (Fsp3) is 0.903. The van der Waals surface area contributed by atoms with E-state index in [2.05, 4.69) is 45.1 Å². The largest absolute Gasteiger partial charge is 0.462 e. The van der Waals surface area contributed by atoms with Crippen LogP contribution < -0.4 is 0 Å². The number of hydrogen-bond acceptors (Lipinski definition) is 6. The Morgan fingerprint density at radius 3 is 0.731 bits per heavy atom. The molecule has 0 aromatic carbocycles. The van der Waals surface area contributed by atoms with E-state index in [1.165, 1.54) is 295 Å². The van der Waals surface area contributed by atoms with Crippen molar-refractivity contribution in [1.29, 1.82) is 0 Å². The zero-order chi connectivity index (χ0) is 56.4. The van der Waals surface area contributed by atoms with Crippen LogP contribution in [-0.2, 0) is 28.6 Å². The summed E-state index contributed by atoms with van der Waals surface area (Å²) < 4.78 is 17.0. The van der Waals surface area contributed by atoms with Crippen molar-refractivity contribution in [2.24, 2.45) is 0 Å². The van der Waals surface area contributed by atoms with Gasteiger partial charge >= 0.3 is 17.9 Å². The van der Waals surface area contributed by atoms with E-state index in [1.807, 2.05) is 0 Å². The molecule has 0 aromatic rings. The molecular weight excluding hydrogens is 961 g/mol. The second kappa shape index (κ2) is 67.4. The van der Waals surface area contributed by atoms with Gasteiger partial charge in [-0.25, -0.2) is 0 Å². The molecule has 0 saturated heterocycles. The molecule has 1 atom stereocenters. The van der Waals surface area contributed by atoms with E-state index < -0.39 is 6.10 Å². The van der Waals surface area contributed by atoms with Crippen molar-refractivity contribution in [2.45, 2.75) is 406 Å². The maximum absolute atomic E-state index is 12.9. The van der Waals surface area contributed by atoms with Gasteiger partial charge in [0.15, 0.2) is 6.10 Å². The van der Waals surface area contributed by atoms with Gasteiger partial charge in [0.2, 0.25) is 0 Å². The minimum atomic E-state index is -0.770. The molecule has 6 heteroatoms. The number of esters is 3. The molecule has 0 amide bonds. The summed E-state index contributed by atoms with van der Waals surface area (Å²) in [4.78, 5) is 38.4. The van der Waals surface area contributed by atoms with Crippen molar-refractivity contribution in [2.75, 3.05) is 13.2 Å². The predicted octanol–water partition coefficient (Wildman–Crippen LogP) is 24.2. The number of carbonyl (C=O) groups excluding carboxylic acids is 3. The van der Waals surface area contributed by atoms with Crippen LogP contribution in [0.3, 0.4) is 0 Å². The van der Waals surface area contributed by atoms with Crippen LogP contribution in [0.25, 0.3) is 0 Å². The Hall–Kier alpha value is -2.11. The van der Waals surface area contributed by atoms with Gasteiger partial charge < -0.3 is 14.2 Å². The second-order valence-electron chi connectivity index (χ2n) is 24.2. The highest BCUT2D eigenvalue weighted by molar-refractivity contribution is 5.71. The first-order valence-electron chi connectivity index (χ1n) is 35.3. The molecule has 0 rings (SSSR count). The number of unbranched alkanes of at least 4 members (excludes halogenated alkanes) is 51. The van der Waals surface area contributed by atoms with Crippen LogP contribution in [0.15, 0.2) is 24.3 Å². The summed E-state index contributed by atoms with van der Waals surface area (Å²) in [6.07, 6.45) is 82.2. The van der Waals surface area contributed by atoms with Gasteiger partial charge in [0.05, 0.1) is 0 Å². The lowest BCUT2D eigenvalue weighted by atomic mass is 10.0. The zero-order valence-electron chi connectivity index (χ0n) is 53.0. The van der Waals surface area contributed by atoms with Crippen LogP contribution in [0, 0.1) is 0 Å². The molecule has 0 N–H and O–H groups in total. The van der Waals surface area contributed by atoms with E-state index >= 15 is 0 Å². The van der Waals surface area contributed by atoms with Gasteiger partial charge in [-0.1, -0.05) is 353 Å². The molecule has 0 radical (unpaired) electrons. The standard InChI is InChI=1S/C72H136O6/c1-4-7-10-13-16-19-22-25-27-29-31-32-33-34-35-36-37-38-39-40-42-43-45-47-50-53-56-59-62-65-71(74)77-68-69(67-76-70(73)64-61-58-55-52-49-24-21-18-15-12-9-6-3)78-72(75)66-63-60-57-54-51-48-46-44-41-30-28-26-23-20-17-14-11-8-5-2/h17,20,26,28,69H,4-16,18-19,21-25,27,29-68H2,1-3H3/b20-17-,28-26-. The first kappa shape index (κ1) is 75.9. The minimum absolute atomic E-state index is 0.0666. The molecular formula is C72H136O6. The second-order valence-corrected chi connectivity index (χ2v) is 24.2. The molecule has 0 bridgehead atoms. The van der Waals surface area contributed by atoms with E-state index in [0.29, 0.717) is 19.3 Å². The maximum atomic E-state index is 12.9. The van der Waals surface area contributed by atoms with E-state index in [4.69, 9.17) is 14.2 Å². The summed E-state index contributed by atoms with van der Waals surface area (Å²) in [7, 11) is 0. The number of ether oxygens (including phenoxy) is 3. The summed E-state index contributed by atoms with van der Waals surface area (Å²) in [6, 6.07) is 0. The Labute approximate surface area is 487 Å². The van der Waals surface area contributed by atoms with Gasteiger partial charge in [-0.15, -0.1) is 0 Å². The molecule has 78 heavy (non-hydrogen) atoms. The van der Waals surface area contributed by atoms with Crippen LogP contribution in [0.2, 0.25) is 0 Å². The summed E-state index contributed by atoms with van der Waals surface area (Å²) in [5.41, 5.74) is 0. The van der Waals surface area contributed by atoms with E-state index in [0.717, 1.165) is 64.2 Å². The Kier molecular flexibility index (Phi) is 65.6. The summed E-state index contributed by atoms with van der Waals surface area (Å²) in [5.74, 6) is -0.841. The van der Waals surface area contributed by atoms with Crippen molar-refractivity contribution in [3.63, 3.8) is 0 Å². The highest BCUT2D eigenvalue weighted by atomic mass is 16.6. The van der Waals surface area contributed by atoms with E-state index in [-0.39, 0.29) is 31.1 Å². The average Bonchev–Trinajstić information content (AvgIpc) is 3.44. The van der Waals surface area contributed by atoms with Crippen LogP contribution in [0.4, 0.5) is 0 Å². The topological polar surface area (TPSA) is 78.9 Å². The van der Waals surface area contributed by atoms with Crippen molar-refractivity contribution in [1.82, 2.24) is 0 Å². The molecule has 0 heterocycles. The Balaban J connectivity index is 4.14. The fourth-order valence-electron chi connectivity index (χ4n) is 10.9. The molecule has 460 valence electrons. The summed E-state index contributed by atoms with van der Waals surface area (Å²) in [5, 5.41) is 0. The van der Waals surface area contributed by atoms with Gasteiger partial charge in [0, 0.05) is 19.3 Å². The number of allylic oxidation sites excluding steroid dienone is 4. The lowest BCUT2D eigenvalue weighted by Gasteiger charge is -2.18. The molecule has 0 saturated carbocycles. The normalized spacial score (nSPS) is 12.1. The van der Waals surface area contributed by atoms with Crippen molar-refractivity contribution < 1.29 is 28.6 Å². The van der Waals surface area contributed by atoms with Crippen LogP contribution in [0.1, 0.15) is 400 Å². The number of rotatable bonds is 66. The Bertz CT molecular complexity index is 1260. The van der Waals surface area contributed by atoms with E-state index in [9.17, 15) is 14.4 Å². The van der Waals surface area contributed by atoms with Gasteiger partial charge in [0.25, 0.3) is 0 Å². The van der Waals surface area contributed by atoms with Gasteiger partial charge in [0.1, 0.15) is 13.2 Å². The maximum Gasteiger partial charge on any atom is 0.306 e. The summed E-state index contributed by atoms with van der Waals surface area (Å²) in [6.45, 7) is 6.69. The molecule has 0 aromatic heterocycles.